The van der Waals surface area contributed by atoms with E-state index in [1.165, 1.54) is 0 Å². The molecular formula is C22H18N4O. The Balaban J connectivity index is 1.89. The number of hydrogen-bond acceptors (Lipinski definition) is 4. The van der Waals surface area contributed by atoms with Gasteiger partial charge in [0.25, 0.3) is 0 Å². The molecule has 0 bridgehead atoms. The molecule has 132 valence electrons. The van der Waals surface area contributed by atoms with Gasteiger partial charge < -0.3 is 9.64 Å². The number of hydrogen-bond donors (Lipinski definition) is 0. The molecule has 0 aliphatic carbocycles. The summed E-state index contributed by atoms with van der Waals surface area (Å²) < 4.78 is 7.66. The molecule has 0 unspecified atom stereocenters. The first kappa shape index (κ1) is 15.9. The van der Waals surface area contributed by atoms with Crippen LogP contribution in [-0.4, -0.2) is 35.7 Å². The molecule has 5 nitrogen and oxygen atoms in total. The Bertz CT molecular complexity index is 1170. The van der Waals surface area contributed by atoms with Crippen LogP contribution in [0.5, 0.6) is 0 Å². The van der Waals surface area contributed by atoms with Crippen LogP contribution < -0.4 is 4.90 Å². The highest BCUT2D eigenvalue weighted by Crippen LogP contribution is 2.34. The Morgan fingerprint density at radius 2 is 1.70 bits per heavy atom. The van der Waals surface area contributed by atoms with Gasteiger partial charge in [0.1, 0.15) is 17.5 Å². The predicted octanol–water partition coefficient (Wildman–Crippen LogP) is 3.86. The molecule has 2 aromatic carbocycles. The molecule has 0 saturated carbocycles. The minimum atomic E-state index is 0.606. The number of ether oxygens (including phenoxy) is 1. The number of anilines is 1. The lowest BCUT2D eigenvalue weighted by molar-refractivity contribution is 0.122. The number of pyridine rings is 1. The topological polar surface area (TPSA) is 53.6 Å². The van der Waals surface area contributed by atoms with E-state index in [2.05, 4.69) is 27.5 Å². The summed E-state index contributed by atoms with van der Waals surface area (Å²) in [5.74, 6) is 1.06. The summed E-state index contributed by atoms with van der Waals surface area (Å²) in [5, 5.41) is 9.97. The second-order valence-corrected chi connectivity index (χ2v) is 6.63. The Morgan fingerprint density at radius 3 is 2.48 bits per heavy atom. The van der Waals surface area contributed by atoms with E-state index in [1.807, 2.05) is 48.5 Å². The van der Waals surface area contributed by atoms with Crippen molar-refractivity contribution in [2.24, 2.45) is 0 Å². The molecule has 0 radical (unpaired) electrons. The fraction of sp³-hybridized carbons (Fsp3) is 0.182. The monoisotopic (exact) mass is 354 g/mol. The second kappa shape index (κ2) is 6.42. The summed E-state index contributed by atoms with van der Waals surface area (Å²) in [4.78, 5) is 7.13. The molecule has 0 amide bonds. The maximum atomic E-state index is 9.97. The zero-order valence-electron chi connectivity index (χ0n) is 14.8. The summed E-state index contributed by atoms with van der Waals surface area (Å²) >= 11 is 0. The Morgan fingerprint density at radius 1 is 0.963 bits per heavy atom. The van der Waals surface area contributed by atoms with Crippen LogP contribution in [0.25, 0.3) is 27.8 Å². The smallest absolute Gasteiger partial charge is 0.158 e. The van der Waals surface area contributed by atoms with Gasteiger partial charge in [0.05, 0.1) is 24.2 Å². The average molecular weight is 354 g/mol. The molecular weight excluding hydrogens is 336 g/mol. The number of imidazole rings is 1. The van der Waals surface area contributed by atoms with Crippen molar-refractivity contribution < 1.29 is 4.74 Å². The summed E-state index contributed by atoms with van der Waals surface area (Å²) in [7, 11) is 0. The van der Waals surface area contributed by atoms with Crippen molar-refractivity contribution in [3.8, 4) is 17.2 Å². The van der Waals surface area contributed by atoms with E-state index in [4.69, 9.17) is 9.72 Å². The summed E-state index contributed by atoms with van der Waals surface area (Å²) in [5.41, 5.74) is 5.18. The molecule has 2 aromatic heterocycles. The number of morpholine rings is 1. The molecule has 1 fully saturated rings. The number of benzene rings is 2. The van der Waals surface area contributed by atoms with E-state index in [1.54, 1.807) is 0 Å². The van der Waals surface area contributed by atoms with E-state index >= 15 is 0 Å². The predicted molar refractivity (Wildman–Crippen MR) is 106 cm³/mol. The van der Waals surface area contributed by atoms with Crippen molar-refractivity contribution in [1.29, 1.82) is 5.26 Å². The minimum absolute atomic E-state index is 0.606. The molecule has 1 saturated heterocycles. The lowest BCUT2D eigenvalue weighted by Gasteiger charge is -2.30. The molecule has 1 aliphatic heterocycles. The first-order chi connectivity index (χ1) is 13.4. The lowest BCUT2D eigenvalue weighted by atomic mass is 10.0. The van der Waals surface area contributed by atoms with Crippen molar-refractivity contribution in [1.82, 2.24) is 9.38 Å². The van der Waals surface area contributed by atoms with Gasteiger partial charge >= 0.3 is 0 Å². The average Bonchev–Trinajstić information content (AvgIpc) is 3.13. The maximum Gasteiger partial charge on any atom is 0.158 e. The van der Waals surface area contributed by atoms with Crippen molar-refractivity contribution >= 4 is 22.5 Å². The third-order valence-corrected chi connectivity index (χ3v) is 5.09. The standard InChI is InChI=1S/C22H18N4O/c23-15-18-17(16-6-2-1-3-7-16)14-21(25-10-12-27-13-11-25)26-20-9-5-4-8-19(20)24-22(18)26/h1-9,14H,10-13H2. The first-order valence-corrected chi connectivity index (χ1v) is 9.09. The van der Waals surface area contributed by atoms with Gasteiger partial charge in [0.2, 0.25) is 0 Å². The van der Waals surface area contributed by atoms with Crippen molar-refractivity contribution in [3.63, 3.8) is 0 Å². The van der Waals surface area contributed by atoms with E-state index in [0.717, 1.165) is 41.1 Å². The van der Waals surface area contributed by atoms with Crippen LogP contribution in [0, 0.1) is 11.3 Å². The van der Waals surface area contributed by atoms with Gasteiger partial charge in [-0.3, -0.25) is 4.40 Å². The minimum Gasteiger partial charge on any atom is -0.378 e. The summed E-state index contributed by atoms with van der Waals surface area (Å²) in [6.07, 6.45) is 0. The van der Waals surface area contributed by atoms with Crippen LogP contribution >= 0.6 is 0 Å². The van der Waals surface area contributed by atoms with Gasteiger partial charge in [-0.1, -0.05) is 42.5 Å². The highest BCUT2D eigenvalue weighted by Gasteiger charge is 2.22. The molecule has 3 heterocycles. The van der Waals surface area contributed by atoms with E-state index in [0.29, 0.717) is 24.4 Å². The number of rotatable bonds is 2. The van der Waals surface area contributed by atoms with Crippen LogP contribution in [0.15, 0.2) is 60.7 Å². The zero-order chi connectivity index (χ0) is 18.2. The molecule has 0 spiro atoms. The van der Waals surface area contributed by atoms with Crippen LogP contribution in [0.3, 0.4) is 0 Å². The summed E-state index contributed by atoms with van der Waals surface area (Å²) in [6.45, 7) is 3.05. The lowest BCUT2D eigenvalue weighted by Crippen LogP contribution is -2.37. The molecule has 5 rings (SSSR count). The van der Waals surface area contributed by atoms with Crippen LogP contribution in [0.2, 0.25) is 0 Å². The molecule has 1 aliphatic rings. The van der Waals surface area contributed by atoms with Crippen molar-refractivity contribution in [2.45, 2.75) is 0 Å². The Kier molecular flexibility index (Phi) is 3.77. The molecule has 27 heavy (non-hydrogen) atoms. The SMILES string of the molecule is N#Cc1c(-c2ccccc2)cc(N2CCOCC2)n2c1nc1ccccc12. The van der Waals surface area contributed by atoms with Crippen molar-refractivity contribution in [2.75, 3.05) is 31.2 Å². The van der Waals surface area contributed by atoms with Crippen LogP contribution in [0.4, 0.5) is 5.82 Å². The highest BCUT2D eigenvalue weighted by atomic mass is 16.5. The largest absolute Gasteiger partial charge is 0.378 e. The van der Waals surface area contributed by atoms with Gasteiger partial charge in [-0.15, -0.1) is 0 Å². The number of nitrogens with zero attached hydrogens (tertiary/aromatic N) is 4. The third-order valence-electron chi connectivity index (χ3n) is 5.09. The summed E-state index contributed by atoms with van der Waals surface area (Å²) in [6, 6.07) is 22.6. The number of aromatic nitrogens is 2. The maximum absolute atomic E-state index is 9.97. The molecule has 0 N–H and O–H groups in total. The Hall–Kier alpha value is -3.36. The van der Waals surface area contributed by atoms with Gasteiger partial charge in [0, 0.05) is 18.7 Å². The molecule has 0 atom stereocenters. The van der Waals surface area contributed by atoms with Gasteiger partial charge in [0.15, 0.2) is 5.65 Å². The normalized spacial score (nSPS) is 14.6. The zero-order valence-corrected chi connectivity index (χ0v) is 14.8. The quantitative estimate of drug-likeness (QED) is 0.548. The second-order valence-electron chi connectivity index (χ2n) is 6.63. The highest BCUT2D eigenvalue weighted by molar-refractivity contribution is 5.89. The molecule has 4 aromatic rings. The fourth-order valence-electron chi connectivity index (χ4n) is 3.79. The van der Waals surface area contributed by atoms with Gasteiger partial charge in [-0.2, -0.15) is 5.26 Å². The van der Waals surface area contributed by atoms with Gasteiger partial charge in [-0.25, -0.2) is 4.98 Å². The third kappa shape index (κ3) is 2.54. The number of para-hydroxylation sites is 2. The molecule has 5 heteroatoms. The van der Waals surface area contributed by atoms with Crippen molar-refractivity contribution in [3.05, 3.63) is 66.2 Å². The number of fused-ring (bicyclic) bond motifs is 3. The van der Waals surface area contributed by atoms with E-state index in [-0.39, 0.29) is 0 Å². The Labute approximate surface area is 157 Å². The van der Waals surface area contributed by atoms with Crippen LogP contribution in [-0.2, 0) is 4.74 Å². The van der Waals surface area contributed by atoms with E-state index < -0.39 is 0 Å². The van der Waals surface area contributed by atoms with Gasteiger partial charge in [-0.05, 0) is 23.8 Å². The van der Waals surface area contributed by atoms with E-state index in [9.17, 15) is 5.26 Å². The van der Waals surface area contributed by atoms with Crippen LogP contribution in [0.1, 0.15) is 5.56 Å². The first-order valence-electron chi connectivity index (χ1n) is 9.09. The fourth-order valence-corrected chi connectivity index (χ4v) is 3.79. The number of nitriles is 1.